The van der Waals surface area contributed by atoms with Crippen molar-refractivity contribution in [3.8, 4) is 0 Å². The third-order valence-corrected chi connectivity index (χ3v) is 10.9. The summed E-state index contributed by atoms with van der Waals surface area (Å²) in [6.45, 7) is 15.3. The van der Waals surface area contributed by atoms with E-state index in [-0.39, 0.29) is 0 Å². The fourth-order valence-corrected chi connectivity index (χ4v) is 8.54. The van der Waals surface area contributed by atoms with Gasteiger partial charge in [-0.05, 0) is 97.7 Å². The molecule has 4 rings (SSSR count). The maximum atomic E-state index is 2.70. The fourth-order valence-electron chi connectivity index (χ4n) is 8.54. The van der Waals surface area contributed by atoms with Crippen molar-refractivity contribution in [1.82, 2.24) is 0 Å². The first-order valence-corrected chi connectivity index (χ1v) is 13.0. The molecule has 160 valence electrons. The second-order valence-electron chi connectivity index (χ2n) is 12.4. The van der Waals surface area contributed by atoms with Crippen LogP contribution in [0.5, 0.6) is 0 Å². The average Bonchev–Trinajstić information content (AvgIpc) is 3.02. The van der Waals surface area contributed by atoms with Gasteiger partial charge in [-0.1, -0.05) is 78.4 Å². The second-order valence-corrected chi connectivity index (χ2v) is 12.4. The molecule has 4 aliphatic rings. The van der Waals surface area contributed by atoms with Gasteiger partial charge in [0.2, 0.25) is 0 Å². The van der Waals surface area contributed by atoms with Crippen LogP contribution in [0.4, 0.5) is 0 Å². The van der Waals surface area contributed by atoms with Gasteiger partial charge in [0.1, 0.15) is 0 Å². The summed E-state index contributed by atoms with van der Waals surface area (Å²) < 4.78 is 0. The standard InChI is InChI=1S/C28H48/c1-19(2)20(3)10-11-21(4)24-14-15-25-23-13-12-22-9-7-8-17-27(22,5)26(23)16-18-28(24,25)6/h19-22,24,26H,7-18H2,1-6H3. The van der Waals surface area contributed by atoms with Gasteiger partial charge in [0.25, 0.3) is 0 Å². The molecule has 4 aliphatic carbocycles. The molecule has 7 atom stereocenters. The van der Waals surface area contributed by atoms with Crippen LogP contribution >= 0.6 is 0 Å². The molecule has 3 fully saturated rings. The maximum absolute atomic E-state index is 2.70. The molecule has 0 N–H and O–H groups in total. The molecule has 0 nitrogen and oxygen atoms in total. The van der Waals surface area contributed by atoms with Crippen LogP contribution in [0.3, 0.4) is 0 Å². The Morgan fingerprint density at radius 1 is 0.857 bits per heavy atom. The van der Waals surface area contributed by atoms with Gasteiger partial charge in [0.05, 0.1) is 0 Å². The lowest BCUT2D eigenvalue weighted by Crippen LogP contribution is -2.46. The molecule has 0 saturated heterocycles. The lowest BCUT2D eigenvalue weighted by atomic mass is 9.49. The van der Waals surface area contributed by atoms with E-state index in [9.17, 15) is 0 Å². The zero-order chi connectivity index (χ0) is 20.1. The first kappa shape index (κ1) is 21.0. The van der Waals surface area contributed by atoms with Gasteiger partial charge < -0.3 is 0 Å². The molecule has 0 aromatic carbocycles. The summed E-state index contributed by atoms with van der Waals surface area (Å²) >= 11 is 0. The monoisotopic (exact) mass is 384 g/mol. The molecule has 0 aromatic heterocycles. The van der Waals surface area contributed by atoms with Crippen molar-refractivity contribution in [2.75, 3.05) is 0 Å². The molecule has 0 aliphatic heterocycles. The van der Waals surface area contributed by atoms with Gasteiger partial charge in [-0.2, -0.15) is 0 Å². The second kappa shape index (κ2) is 7.77. The van der Waals surface area contributed by atoms with E-state index in [1.165, 1.54) is 77.0 Å². The van der Waals surface area contributed by atoms with Crippen molar-refractivity contribution in [2.45, 2.75) is 119 Å². The minimum Gasteiger partial charge on any atom is -0.0668 e. The van der Waals surface area contributed by atoms with E-state index >= 15 is 0 Å². The molecule has 0 heterocycles. The number of rotatable bonds is 5. The zero-order valence-electron chi connectivity index (χ0n) is 19.9. The van der Waals surface area contributed by atoms with Crippen LogP contribution in [-0.2, 0) is 0 Å². The molecule has 0 bridgehead atoms. The Morgan fingerprint density at radius 2 is 1.64 bits per heavy atom. The predicted octanol–water partition coefficient (Wildman–Crippen LogP) is 8.81. The van der Waals surface area contributed by atoms with Crippen LogP contribution in [-0.4, -0.2) is 0 Å². The lowest BCUT2D eigenvalue weighted by molar-refractivity contribution is 0.00922. The Labute approximate surface area is 176 Å². The Kier molecular flexibility index (Phi) is 5.83. The van der Waals surface area contributed by atoms with Crippen molar-refractivity contribution in [2.24, 2.45) is 46.3 Å². The Balaban J connectivity index is 1.53. The molecule has 0 radical (unpaired) electrons. The van der Waals surface area contributed by atoms with E-state index in [2.05, 4.69) is 41.5 Å². The van der Waals surface area contributed by atoms with Gasteiger partial charge in [-0.15, -0.1) is 0 Å². The van der Waals surface area contributed by atoms with Gasteiger partial charge in [0.15, 0.2) is 0 Å². The molecular weight excluding hydrogens is 336 g/mol. The molecule has 28 heavy (non-hydrogen) atoms. The molecule has 0 amide bonds. The first-order chi connectivity index (χ1) is 13.3. The highest BCUT2D eigenvalue weighted by molar-refractivity contribution is 5.34. The zero-order valence-corrected chi connectivity index (χ0v) is 19.9. The van der Waals surface area contributed by atoms with Crippen LogP contribution in [0, 0.1) is 46.3 Å². The molecule has 3 saturated carbocycles. The van der Waals surface area contributed by atoms with Crippen molar-refractivity contribution in [3.05, 3.63) is 11.1 Å². The van der Waals surface area contributed by atoms with E-state index in [1.807, 2.05) is 11.1 Å². The number of allylic oxidation sites excluding steroid dienone is 2. The topological polar surface area (TPSA) is 0 Å². The largest absolute Gasteiger partial charge is 0.0668 e. The third kappa shape index (κ3) is 3.33. The maximum Gasteiger partial charge on any atom is -0.00825 e. The van der Waals surface area contributed by atoms with Gasteiger partial charge >= 0.3 is 0 Å². The number of fused-ring (bicyclic) bond motifs is 4. The highest BCUT2D eigenvalue weighted by Gasteiger charge is 2.54. The summed E-state index contributed by atoms with van der Waals surface area (Å²) in [5.74, 6) is 5.56. The highest BCUT2D eigenvalue weighted by atomic mass is 14.6. The summed E-state index contributed by atoms with van der Waals surface area (Å²) in [6, 6.07) is 0. The van der Waals surface area contributed by atoms with E-state index in [1.54, 1.807) is 0 Å². The molecule has 0 aromatic rings. The molecule has 7 unspecified atom stereocenters. The normalized spacial score (nSPS) is 42.8. The summed E-state index contributed by atoms with van der Waals surface area (Å²) in [6.07, 6.45) is 17.8. The van der Waals surface area contributed by atoms with Crippen LogP contribution in [0.1, 0.15) is 119 Å². The molecule has 0 heteroatoms. The van der Waals surface area contributed by atoms with Crippen LogP contribution in [0.15, 0.2) is 11.1 Å². The van der Waals surface area contributed by atoms with Crippen molar-refractivity contribution in [1.29, 1.82) is 0 Å². The van der Waals surface area contributed by atoms with Crippen LogP contribution in [0.25, 0.3) is 0 Å². The quantitative estimate of drug-likeness (QED) is 0.415. The van der Waals surface area contributed by atoms with E-state index < -0.39 is 0 Å². The number of hydrogen-bond acceptors (Lipinski definition) is 0. The average molecular weight is 385 g/mol. The summed E-state index contributed by atoms with van der Waals surface area (Å²) in [7, 11) is 0. The van der Waals surface area contributed by atoms with Crippen LogP contribution < -0.4 is 0 Å². The third-order valence-electron chi connectivity index (χ3n) is 10.9. The summed E-state index contributed by atoms with van der Waals surface area (Å²) in [4.78, 5) is 0. The fraction of sp³-hybridized carbons (Fsp3) is 0.929. The van der Waals surface area contributed by atoms with Crippen LogP contribution in [0.2, 0.25) is 0 Å². The van der Waals surface area contributed by atoms with Gasteiger partial charge in [-0.25, -0.2) is 0 Å². The Hall–Kier alpha value is -0.260. The first-order valence-electron chi connectivity index (χ1n) is 13.0. The van der Waals surface area contributed by atoms with E-state index in [4.69, 9.17) is 0 Å². The minimum absolute atomic E-state index is 0.546. The minimum atomic E-state index is 0.546. The highest BCUT2D eigenvalue weighted by Crippen LogP contribution is 2.65. The summed E-state index contributed by atoms with van der Waals surface area (Å²) in [5, 5.41) is 0. The molecule has 0 spiro atoms. The van der Waals surface area contributed by atoms with Crippen molar-refractivity contribution in [3.63, 3.8) is 0 Å². The summed E-state index contributed by atoms with van der Waals surface area (Å²) in [5.41, 5.74) is 5.18. The van der Waals surface area contributed by atoms with Gasteiger partial charge in [0, 0.05) is 0 Å². The predicted molar refractivity (Wildman–Crippen MR) is 122 cm³/mol. The Morgan fingerprint density at radius 3 is 2.39 bits per heavy atom. The van der Waals surface area contributed by atoms with Crippen molar-refractivity contribution >= 4 is 0 Å². The Bertz CT molecular complexity index is 597. The van der Waals surface area contributed by atoms with E-state index in [0.29, 0.717) is 10.8 Å². The lowest BCUT2D eigenvalue weighted by Gasteiger charge is -2.56. The smallest absolute Gasteiger partial charge is 0.00825 e. The SMILES string of the molecule is CC(C)C(C)CCC(C)C1CCC2=C3CCC4CCCCC4(C)C3CCC21C. The molecular formula is C28H48. The number of hydrogen-bond donors (Lipinski definition) is 0. The van der Waals surface area contributed by atoms with Crippen molar-refractivity contribution < 1.29 is 0 Å². The van der Waals surface area contributed by atoms with Gasteiger partial charge in [-0.3, -0.25) is 0 Å². The van der Waals surface area contributed by atoms with E-state index in [0.717, 1.165) is 35.5 Å².